The van der Waals surface area contributed by atoms with Crippen molar-refractivity contribution in [1.29, 1.82) is 0 Å². The molecule has 1 aromatic heterocycles. The van der Waals surface area contributed by atoms with Gasteiger partial charge in [0.05, 0.1) is 5.69 Å². The van der Waals surface area contributed by atoms with Crippen molar-refractivity contribution in [1.82, 2.24) is 4.57 Å². The highest BCUT2D eigenvalue weighted by molar-refractivity contribution is 6.31. The highest BCUT2D eigenvalue weighted by Gasteiger charge is 2.23. The molecule has 0 aliphatic heterocycles. The first-order chi connectivity index (χ1) is 8.22. The smallest absolute Gasteiger partial charge is 0.103 e. The van der Waals surface area contributed by atoms with E-state index >= 15 is 0 Å². The molecule has 0 atom stereocenters. The fourth-order valence-corrected chi connectivity index (χ4v) is 2.93. The summed E-state index contributed by atoms with van der Waals surface area (Å²) >= 11 is 6.05. The number of nitrogens with zero attached hydrogens (tertiary/aromatic N) is 2. The lowest BCUT2D eigenvalue weighted by Gasteiger charge is -2.14. The third-order valence-electron chi connectivity index (χ3n) is 3.50. The first-order valence-corrected chi connectivity index (χ1v) is 6.08. The Hall–Kier alpha value is -1.48. The average molecular weight is 249 g/mol. The molecule has 88 valence electrons. The van der Waals surface area contributed by atoms with Crippen LogP contribution in [0.25, 0.3) is 10.9 Å². The van der Waals surface area contributed by atoms with Crippen molar-refractivity contribution in [3.8, 4) is 0 Å². The number of halogens is 1. The van der Waals surface area contributed by atoms with E-state index in [2.05, 4.69) is 9.72 Å². The van der Waals surface area contributed by atoms with Crippen LogP contribution in [0.5, 0.6) is 0 Å². The molecular weight excluding hydrogens is 236 g/mol. The molecule has 0 bridgehead atoms. The molecule has 0 unspecified atom stereocenters. The summed E-state index contributed by atoms with van der Waals surface area (Å²) in [6, 6.07) is 5.91. The van der Waals surface area contributed by atoms with Gasteiger partial charge in [-0.25, -0.2) is 0 Å². The van der Waals surface area contributed by atoms with E-state index in [0.29, 0.717) is 0 Å². The number of fused-ring (bicyclic) bond motifs is 3. The second kappa shape index (κ2) is 3.77. The third kappa shape index (κ3) is 1.46. The lowest BCUT2D eigenvalue weighted by Crippen LogP contribution is -2.14. The second-order valence-electron chi connectivity index (χ2n) is 4.45. The standard InChI is InChI=1S/C13H13ClN2O/c1-16-12-6-5-8(14)7-10(12)9-3-2-4-11(15-17)13(9)16/h5-7,17H,2-4H2,1H3/b15-11+. The number of benzene rings is 1. The summed E-state index contributed by atoms with van der Waals surface area (Å²) < 4.78 is 2.09. The van der Waals surface area contributed by atoms with Crippen LogP contribution in [0.3, 0.4) is 0 Å². The third-order valence-corrected chi connectivity index (χ3v) is 3.74. The summed E-state index contributed by atoms with van der Waals surface area (Å²) in [5.74, 6) is 0. The molecule has 1 aliphatic carbocycles. The van der Waals surface area contributed by atoms with Gasteiger partial charge in [-0.15, -0.1) is 0 Å². The molecule has 0 amide bonds. The van der Waals surface area contributed by atoms with E-state index in [4.69, 9.17) is 16.8 Å². The first kappa shape index (κ1) is 10.7. The van der Waals surface area contributed by atoms with Crippen molar-refractivity contribution >= 4 is 28.2 Å². The molecule has 0 radical (unpaired) electrons. The van der Waals surface area contributed by atoms with E-state index in [1.807, 2.05) is 25.2 Å². The van der Waals surface area contributed by atoms with E-state index in [-0.39, 0.29) is 0 Å². The van der Waals surface area contributed by atoms with E-state index in [1.54, 1.807) is 0 Å². The Morgan fingerprint density at radius 2 is 2.18 bits per heavy atom. The van der Waals surface area contributed by atoms with Gasteiger partial charge in [-0.2, -0.15) is 0 Å². The minimum atomic E-state index is 0.749. The number of oxime groups is 1. The lowest BCUT2D eigenvalue weighted by atomic mass is 9.94. The molecule has 0 saturated heterocycles. The zero-order chi connectivity index (χ0) is 12.0. The molecule has 0 fully saturated rings. The summed E-state index contributed by atoms with van der Waals surface area (Å²) in [7, 11) is 2.01. The number of aryl methyl sites for hydroxylation is 2. The van der Waals surface area contributed by atoms with Gasteiger partial charge in [0.25, 0.3) is 0 Å². The zero-order valence-corrected chi connectivity index (χ0v) is 10.3. The van der Waals surface area contributed by atoms with Crippen LogP contribution in [0.4, 0.5) is 0 Å². The van der Waals surface area contributed by atoms with Gasteiger partial charge in [0.2, 0.25) is 0 Å². The summed E-state index contributed by atoms with van der Waals surface area (Å²) in [5.41, 5.74) is 4.23. The van der Waals surface area contributed by atoms with Crippen LogP contribution in [-0.4, -0.2) is 15.5 Å². The van der Waals surface area contributed by atoms with Crippen LogP contribution >= 0.6 is 11.6 Å². The quantitative estimate of drug-likeness (QED) is 0.564. The fraction of sp³-hybridized carbons (Fsp3) is 0.308. The van der Waals surface area contributed by atoms with Crippen molar-refractivity contribution < 1.29 is 5.21 Å². The molecule has 4 heteroatoms. The van der Waals surface area contributed by atoms with Crippen LogP contribution in [0.2, 0.25) is 5.02 Å². The largest absolute Gasteiger partial charge is 0.411 e. The Labute approximate surface area is 104 Å². The SMILES string of the molecule is Cn1c2c(c3cc(Cl)ccc31)CCC/C2=N\O. The molecule has 1 aliphatic rings. The van der Waals surface area contributed by atoms with Gasteiger partial charge in [-0.05, 0) is 43.0 Å². The lowest BCUT2D eigenvalue weighted by molar-refractivity contribution is 0.317. The van der Waals surface area contributed by atoms with Crippen LogP contribution in [-0.2, 0) is 13.5 Å². The van der Waals surface area contributed by atoms with Gasteiger partial charge in [-0.3, -0.25) is 0 Å². The van der Waals surface area contributed by atoms with Crippen molar-refractivity contribution in [2.24, 2.45) is 12.2 Å². The number of aromatic nitrogens is 1. The van der Waals surface area contributed by atoms with E-state index in [0.717, 1.165) is 41.2 Å². The Morgan fingerprint density at radius 1 is 1.35 bits per heavy atom. The zero-order valence-electron chi connectivity index (χ0n) is 9.57. The first-order valence-electron chi connectivity index (χ1n) is 5.70. The van der Waals surface area contributed by atoms with Crippen LogP contribution < -0.4 is 0 Å². The van der Waals surface area contributed by atoms with Gasteiger partial charge >= 0.3 is 0 Å². The Bertz CT molecular complexity index is 628. The monoisotopic (exact) mass is 248 g/mol. The molecule has 3 rings (SSSR count). The second-order valence-corrected chi connectivity index (χ2v) is 4.88. The van der Waals surface area contributed by atoms with Gasteiger partial charge in [-0.1, -0.05) is 16.8 Å². The Kier molecular flexibility index (Phi) is 2.37. The minimum Gasteiger partial charge on any atom is -0.411 e. The number of hydrogen-bond acceptors (Lipinski definition) is 2. The van der Waals surface area contributed by atoms with Crippen LogP contribution in [0.15, 0.2) is 23.4 Å². The number of hydrogen-bond donors (Lipinski definition) is 1. The normalized spacial score (nSPS) is 17.6. The molecule has 3 nitrogen and oxygen atoms in total. The van der Waals surface area contributed by atoms with Gasteiger partial charge in [0.15, 0.2) is 0 Å². The summed E-state index contributed by atoms with van der Waals surface area (Å²) in [4.78, 5) is 0. The van der Waals surface area contributed by atoms with Crippen molar-refractivity contribution in [3.63, 3.8) is 0 Å². The maximum Gasteiger partial charge on any atom is 0.103 e. The molecule has 0 spiro atoms. The molecule has 1 heterocycles. The van der Waals surface area contributed by atoms with Crippen molar-refractivity contribution in [2.45, 2.75) is 19.3 Å². The molecule has 1 aromatic carbocycles. The Balaban J connectivity index is 2.41. The molecule has 0 saturated carbocycles. The highest BCUT2D eigenvalue weighted by atomic mass is 35.5. The molecular formula is C13H13ClN2O. The topological polar surface area (TPSA) is 37.5 Å². The fourth-order valence-electron chi connectivity index (χ4n) is 2.76. The highest BCUT2D eigenvalue weighted by Crippen LogP contribution is 2.33. The molecule has 17 heavy (non-hydrogen) atoms. The van der Waals surface area contributed by atoms with Gasteiger partial charge < -0.3 is 9.77 Å². The van der Waals surface area contributed by atoms with Crippen LogP contribution in [0, 0.1) is 0 Å². The summed E-state index contributed by atoms with van der Waals surface area (Å²) in [6.07, 6.45) is 2.88. The Morgan fingerprint density at radius 3 is 2.94 bits per heavy atom. The maximum absolute atomic E-state index is 9.09. The van der Waals surface area contributed by atoms with Gasteiger partial charge in [0.1, 0.15) is 5.71 Å². The molecule has 1 N–H and O–H groups in total. The van der Waals surface area contributed by atoms with Crippen LogP contribution in [0.1, 0.15) is 24.1 Å². The van der Waals surface area contributed by atoms with Gasteiger partial charge in [0, 0.05) is 23.0 Å². The average Bonchev–Trinajstić information content (AvgIpc) is 2.63. The summed E-state index contributed by atoms with van der Waals surface area (Å²) in [6.45, 7) is 0. The predicted molar refractivity (Wildman–Crippen MR) is 69.2 cm³/mol. The maximum atomic E-state index is 9.09. The van der Waals surface area contributed by atoms with Crippen molar-refractivity contribution in [3.05, 3.63) is 34.5 Å². The minimum absolute atomic E-state index is 0.749. The molecule has 2 aromatic rings. The summed E-state index contributed by atoms with van der Waals surface area (Å²) in [5, 5.41) is 14.4. The van der Waals surface area contributed by atoms with E-state index in [9.17, 15) is 0 Å². The predicted octanol–water partition coefficient (Wildman–Crippen LogP) is 3.35. The van der Waals surface area contributed by atoms with Crippen molar-refractivity contribution in [2.75, 3.05) is 0 Å². The van der Waals surface area contributed by atoms with E-state index in [1.165, 1.54) is 10.9 Å². The van der Waals surface area contributed by atoms with E-state index < -0.39 is 0 Å². The number of rotatable bonds is 0.